The maximum Gasteiger partial charge on any atom is 0.414 e. The quantitative estimate of drug-likeness (QED) is 0.648. The third kappa shape index (κ3) is 3.24. The number of nitrogens with zero attached hydrogens (tertiary/aromatic N) is 1. The molecule has 0 unspecified atom stereocenters. The summed E-state index contributed by atoms with van der Waals surface area (Å²) in [4.78, 5) is 13.0. The second-order valence-corrected chi connectivity index (χ2v) is 3.40. The molecule has 1 heterocycles. The molecule has 0 aromatic heterocycles. The second kappa shape index (κ2) is 5.47. The van der Waals surface area contributed by atoms with Crippen LogP contribution in [0.1, 0.15) is 26.7 Å². The average molecular weight is 195 g/mol. The molecule has 14 heavy (non-hydrogen) atoms. The number of hydrogen-bond donors (Lipinski definition) is 0. The van der Waals surface area contributed by atoms with Gasteiger partial charge in [-0.3, -0.25) is 4.90 Å². The lowest BCUT2D eigenvalue weighted by atomic mass is 10.2. The van der Waals surface area contributed by atoms with E-state index in [1.165, 1.54) is 0 Å². The summed E-state index contributed by atoms with van der Waals surface area (Å²) in [7, 11) is 0. The molecule has 0 N–H and O–H groups in total. The zero-order valence-corrected chi connectivity index (χ0v) is 8.82. The van der Waals surface area contributed by atoms with Crippen molar-refractivity contribution in [2.24, 2.45) is 0 Å². The van der Waals surface area contributed by atoms with Crippen LogP contribution in [0, 0.1) is 0 Å². The Hall–Kier alpha value is -1.25. The molecule has 0 fully saturated rings. The lowest BCUT2D eigenvalue weighted by Crippen LogP contribution is -2.28. The lowest BCUT2D eigenvalue weighted by Gasteiger charge is -2.19. The Labute approximate surface area is 85.0 Å². The highest BCUT2D eigenvalue weighted by molar-refractivity contribution is 5.69. The van der Waals surface area contributed by atoms with Crippen LogP contribution >= 0.6 is 0 Å². The minimum Gasteiger partial charge on any atom is -0.449 e. The van der Waals surface area contributed by atoms with Crippen LogP contribution in [0.25, 0.3) is 0 Å². The number of carbonyl (C=O) groups excluding carboxylic acids is 1. The van der Waals surface area contributed by atoms with Gasteiger partial charge in [0.05, 0.1) is 6.61 Å². The molecule has 1 rings (SSSR count). The Balaban J connectivity index is 2.34. The SMILES string of the molecule is CCCCOC(=O)N1C=C(C)C=CC1. The third-order valence-electron chi connectivity index (χ3n) is 2.00. The minimum atomic E-state index is -0.248. The summed E-state index contributed by atoms with van der Waals surface area (Å²) in [6.07, 6.45) is 7.49. The molecule has 0 aliphatic carbocycles. The molecule has 0 saturated heterocycles. The summed E-state index contributed by atoms with van der Waals surface area (Å²) in [5, 5.41) is 0. The van der Waals surface area contributed by atoms with Crippen molar-refractivity contribution < 1.29 is 9.53 Å². The maximum atomic E-state index is 11.4. The first kappa shape index (κ1) is 10.8. The van der Waals surface area contributed by atoms with Crippen molar-refractivity contribution in [1.82, 2.24) is 4.90 Å². The first-order valence-corrected chi connectivity index (χ1v) is 5.02. The summed E-state index contributed by atoms with van der Waals surface area (Å²) in [5.74, 6) is 0. The fourth-order valence-electron chi connectivity index (χ4n) is 1.21. The van der Waals surface area contributed by atoms with Gasteiger partial charge in [-0.25, -0.2) is 4.79 Å². The predicted octanol–water partition coefficient (Wildman–Crippen LogP) is 2.70. The summed E-state index contributed by atoms with van der Waals surface area (Å²) in [5.41, 5.74) is 1.07. The molecule has 78 valence electrons. The van der Waals surface area contributed by atoms with Gasteiger partial charge in [-0.05, 0) is 18.9 Å². The number of amides is 1. The molecule has 1 amide bonds. The van der Waals surface area contributed by atoms with E-state index in [-0.39, 0.29) is 6.09 Å². The van der Waals surface area contributed by atoms with Crippen molar-refractivity contribution in [3.05, 3.63) is 23.9 Å². The maximum absolute atomic E-state index is 11.4. The molecule has 3 nitrogen and oxygen atoms in total. The van der Waals surface area contributed by atoms with Crippen LogP contribution in [0.3, 0.4) is 0 Å². The summed E-state index contributed by atoms with van der Waals surface area (Å²) >= 11 is 0. The summed E-state index contributed by atoms with van der Waals surface area (Å²) < 4.78 is 5.08. The number of carbonyl (C=O) groups is 1. The van der Waals surface area contributed by atoms with Crippen molar-refractivity contribution in [2.75, 3.05) is 13.2 Å². The van der Waals surface area contributed by atoms with Crippen molar-refractivity contribution in [3.63, 3.8) is 0 Å². The molecule has 1 aliphatic rings. The highest BCUT2D eigenvalue weighted by Gasteiger charge is 2.12. The number of rotatable bonds is 3. The van der Waals surface area contributed by atoms with Crippen LogP contribution in [-0.4, -0.2) is 24.1 Å². The van der Waals surface area contributed by atoms with Crippen molar-refractivity contribution >= 4 is 6.09 Å². The molecule has 0 atom stereocenters. The Morgan fingerprint density at radius 1 is 1.64 bits per heavy atom. The van der Waals surface area contributed by atoms with Gasteiger partial charge < -0.3 is 4.74 Å². The van der Waals surface area contributed by atoms with Gasteiger partial charge in [0.15, 0.2) is 0 Å². The van der Waals surface area contributed by atoms with Crippen molar-refractivity contribution in [1.29, 1.82) is 0 Å². The first-order chi connectivity index (χ1) is 6.74. The lowest BCUT2D eigenvalue weighted by molar-refractivity contribution is 0.118. The first-order valence-electron chi connectivity index (χ1n) is 5.02. The zero-order chi connectivity index (χ0) is 10.4. The normalized spacial score (nSPS) is 15.3. The number of unbranched alkanes of at least 4 members (excludes halogenated alkanes) is 1. The largest absolute Gasteiger partial charge is 0.449 e. The molecule has 3 heteroatoms. The van der Waals surface area contributed by atoms with E-state index >= 15 is 0 Å². The van der Waals surface area contributed by atoms with Gasteiger partial charge in [0.25, 0.3) is 0 Å². The molecule has 0 radical (unpaired) electrons. The fourth-order valence-corrected chi connectivity index (χ4v) is 1.21. The van der Waals surface area contributed by atoms with Crippen molar-refractivity contribution in [2.45, 2.75) is 26.7 Å². The molecule has 0 spiro atoms. The van der Waals surface area contributed by atoms with E-state index in [2.05, 4.69) is 6.92 Å². The predicted molar refractivity (Wildman–Crippen MR) is 55.9 cm³/mol. The smallest absolute Gasteiger partial charge is 0.414 e. The zero-order valence-electron chi connectivity index (χ0n) is 8.82. The van der Waals surface area contributed by atoms with Crippen molar-refractivity contribution in [3.8, 4) is 0 Å². The van der Waals surface area contributed by atoms with Gasteiger partial charge in [0.1, 0.15) is 0 Å². The fraction of sp³-hybridized carbons (Fsp3) is 0.545. The van der Waals surface area contributed by atoms with Crippen LogP contribution < -0.4 is 0 Å². The van der Waals surface area contributed by atoms with Crippen LogP contribution in [-0.2, 0) is 4.74 Å². The minimum absolute atomic E-state index is 0.248. The molecule has 1 aliphatic heterocycles. The van der Waals surface area contributed by atoms with E-state index < -0.39 is 0 Å². The van der Waals surface area contributed by atoms with E-state index in [0.29, 0.717) is 13.2 Å². The van der Waals surface area contributed by atoms with E-state index in [0.717, 1.165) is 18.4 Å². The van der Waals surface area contributed by atoms with Gasteiger partial charge in [-0.1, -0.05) is 25.5 Å². The summed E-state index contributed by atoms with van der Waals surface area (Å²) in [6, 6.07) is 0. The van der Waals surface area contributed by atoms with E-state index in [1.807, 2.05) is 25.3 Å². The summed E-state index contributed by atoms with van der Waals surface area (Å²) in [6.45, 7) is 5.16. The highest BCUT2D eigenvalue weighted by atomic mass is 16.6. The Morgan fingerprint density at radius 2 is 2.43 bits per heavy atom. The van der Waals surface area contributed by atoms with Crippen LogP contribution in [0.15, 0.2) is 23.9 Å². The molecular weight excluding hydrogens is 178 g/mol. The van der Waals surface area contributed by atoms with Gasteiger partial charge >= 0.3 is 6.09 Å². The average Bonchev–Trinajstić information content (AvgIpc) is 2.18. The monoisotopic (exact) mass is 195 g/mol. The third-order valence-corrected chi connectivity index (χ3v) is 2.00. The Kier molecular flexibility index (Phi) is 4.23. The van der Waals surface area contributed by atoms with E-state index in [9.17, 15) is 4.79 Å². The molecule has 0 bridgehead atoms. The molecule has 0 aromatic carbocycles. The molecule has 0 saturated carbocycles. The number of hydrogen-bond acceptors (Lipinski definition) is 2. The van der Waals surface area contributed by atoms with Crippen LogP contribution in [0.4, 0.5) is 4.79 Å². The Bertz CT molecular complexity index is 256. The van der Waals surface area contributed by atoms with Gasteiger partial charge in [0.2, 0.25) is 0 Å². The van der Waals surface area contributed by atoms with Gasteiger partial charge in [0, 0.05) is 12.7 Å². The highest BCUT2D eigenvalue weighted by Crippen LogP contribution is 2.08. The van der Waals surface area contributed by atoms with Crippen LogP contribution in [0.2, 0.25) is 0 Å². The van der Waals surface area contributed by atoms with Gasteiger partial charge in [-0.15, -0.1) is 0 Å². The topological polar surface area (TPSA) is 29.5 Å². The van der Waals surface area contributed by atoms with E-state index in [4.69, 9.17) is 4.74 Å². The van der Waals surface area contributed by atoms with E-state index in [1.54, 1.807) is 4.90 Å². The second-order valence-electron chi connectivity index (χ2n) is 3.40. The number of allylic oxidation sites excluding steroid dienone is 2. The number of ether oxygens (including phenoxy) is 1. The van der Waals surface area contributed by atoms with Gasteiger partial charge in [-0.2, -0.15) is 0 Å². The molecular formula is C11H17NO2. The standard InChI is InChI=1S/C11H17NO2/c1-3-4-8-14-11(13)12-7-5-6-10(2)9-12/h5-6,9H,3-4,7-8H2,1-2H3. The van der Waals surface area contributed by atoms with Crippen LogP contribution in [0.5, 0.6) is 0 Å². The molecule has 0 aromatic rings. The Morgan fingerprint density at radius 3 is 3.07 bits per heavy atom.